The maximum atomic E-state index is 13.2. The standard InChI is InChI=1S/C33H43NO3/c1-23-13-9-11-15-25(23)21-34(22-26-16-12-10-14-24(26)2)17-18-37-31(36)27-19-28(32(3,4)5)30(35)29(20-27)33(6,7)8/h9-16,19-20,35H,17-18,21-22H2,1-8H3. The van der Waals surface area contributed by atoms with Crippen LogP contribution in [0.2, 0.25) is 0 Å². The zero-order chi connectivity index (χ0) is 27.4. The lowest BCUT2D eigenvalue weighted by Gasteiger charge is -2.28. The van der Waals surface area contributed by atoms with E-state index in [1.165, 1.54) is 22.3 Å². The Morgan fingerprint density at radius 3 is 1.62 bits per heavy atom. The number of aromatic hydroxyl groups is 1. The number of esters is 1. The van der Waals surface area contributed by atoms with E-state index < -0.39 is 0 Å². The van der Waals surface area contributed by atoms with Crippen LogP contribution < -0.4 is 0 Å². The second-order valence-corrected chi connectivity index (χ2v) is 12.1. The molecule has 0 atom stereocenters. The molecule has 0 radical (unpaired) electrons. The van der Waals surface area contributed by atoms with Gasteiger partial charge < -0.3 is 9.84 Å². The molecule has 1 N–H and O–H groups in total. The van der Waals surface area contributed by atoms with E-state index >= 15 is 0 Å². The number of aryl methyl sites for hydroxylation is 2. The summed E-state index contributed by atoms with van der Waals surface area (Å²) in [7, 11) is 0. The van der Waals surface area contributed by atoms with Gasteiger partial charge in [0.2, 0.25) is 0 Å². The first-order chi connectivity index (χ1) is 17.3. The van der Waals surface area contributed by atoms with Crippen LogP contribution >= 0.6 is 0 Å². The minimum absolute atomic E-state index is 0.263. The lowest BCUT2D eigenvalue weighted by Crippen LogP contribution is -2.28. The highest BCUT2D eigenvalue weighted by molar-refractivity contribution is 5.90. The predicted molar refractivity (Wildman–Crippen MR) is 152 cm³/mol. The van der Waals surface area contributed by atoms with Crippen LogP contribution in [0, 0.1) is 13.8 Å². The number of hydrogen-bond acceptors (Lipinski definition) is 4. The third-order valence-corrected chi connectivity index (χ3v) is 6.91. The molecule has 0 aliphatic carbocycles. The van der Waals surface area contributed by atoms with Crippen molar-refractivity contribution in [3.63, 3.8) is 0 Å². The molecule has 0 saturated carbocycles. The molecule has 3 aromatic carbocycles. The summed E-state index contributed by atoms with van der Waals surface area (Å²) in [4.78, 5) is 15.5. The lowest BCUT2D eigenvalue weighted by molar-refractivity contribution is 0.0453. The second-order valence-electron chi connectivity index (χ2n) is 12.1. The molecule has 4 nitrogen and oxygen atoms in total. The largest absolute Gasteiger partial charge is 0.507 e. The molecule has 0 aliphatic rings. The Morgan fingerprint density at radius 2 is 1.22 bits per heavy atom. The van der Waals surface area contributed by atoms with E-state index in [2.05, 4.69) is 67.3 Å². The van der Waals surface area contributed by atoms with Crippen molar-refractivity contribution in [1.29, 1.82) is 0 Å². The molecule has 0 amide bonds. The summed E-state index contributed by atoms with van der Waals surface area (Å²) in [5, 5.41) is 11.0. The van der Waals surface area contributed by atoms with Crippen molar-refractivity contribution >= 4 is 5.97 Å². The molecule has 0 bridgehead atoms. The maximum Gasteiger partial charge on any atom is 0.338 e. The fraction of sp³-hybridized carbons (Fsp3) is 0.424. The normalized spacial score (nSPS) is 12.1. The van der Waals surface area contributed by atoms with Gasteiger partial charge in [0, 0.05) is 30.8 Å². The number of phenols is 1. The van der Waals surface area contributed by atoms with Gasteiger partial charge in [-0.15, -0.1) is 0 Å². The van der Waals surface area contributed by atoms with Crippen LogP contribution in [0.4, 0.5) is 0 Å². The van der Waals surface area contributed by atoms with Crippen LogP contribution in [-0.2, 0) is 28.7 Å². The Balaban J connectivity index is 1.79. The Bertz CT molecular complexity index is 1150. The van der Waals surface area contributed by atoms with Gasteiger partial charge >= 0.3 is 5.97 Å². The second kappa shape index (κ2) is 11.5. The van der Waals surface area contributed by atoms with Crippen molar-refractivity contribution in [1.82, 2.24) is 4.90 Å². The van der Waals surface area contributed by atoms with E-state index in [0.29, 0.717) is 12.1 Å². The molecule has 3 rings (SSSR count). The topological polar surface area (TPSA) is 49.8 Å². The third-order valence-electron chi connectivity index (χ3n) is 6.91. The number of phenolic OH excluding ortho intramolecular Hbond substituents is 1. The molecule has 4 heteroatoms. The van der Waals surface area contributed by atoms with Gasteiger partial charge in [0.05, 0.1) is 5.56 Å². The van der Waals surface area contributed by atoms with Gasteiger partial charge in [0.25, 0.3) is 0 Å². The summed E-state index contributed by atoms with van der Waals surface area (Å²) in [5.41, 5.74) is 6.43. The molecule has 37 heavy (non-hydrogen) atoms. The number of benzene rings is 3. The van der Waals surface area contributed by atoms with Gasteiger partial charge in [-0.05, 0) is 59.1 Å². The van der Waals surface area contributed by atoms with Crippen molar-refractivity contribution in [3.8, 4) is 5.75 Å². The maximum absolute atomic E-state index is 13.2. The smallest absolute Gasteiger partial charge is 0.338 e. The number of rotatable bonds is 8. The van der Waals surface area contributed by atoms with Gasteiger partial charge in [-0.1, -0.05) is 90.1 Å². The predicted octanol–water partition coefficient (Wildman–Crippen LogP) is 7.46. The monoisotopic (exact) mass is 501 g/mol. The van der Waals surface area contributed by atoms with Crippen molar-refractivity contribution in [2.75, 3.05) is 13.2 Å². The Morgan fingerprint density at radius 1 is 0.784 bits per heavy atom. The van der Waals surface area contributed by atoms with Gasteiger partial charge in [-0.2, -0.15) is 0 Å². The van der Waals surface area contributed by atoms with Crippen molar-refractivity contribution in [2.24, 2.45) is 0 Å². The zero-order valence-corrected chi connectivity index (χ0v) is 23.8. The molecule has 0 aliphatic heterocycles. The quantitative estimate of drug-likeness (QED) is 0.325. The van der Waals surface area contributed by atoms with E-state index in [4.69, 9.17) is 4.74 Å². The Hall–Kier alpha value is -3.11. The van der Waals surface area contributed by atoms with Crippen LogP contribution in [0.5, 0.6) is 5.75 Å². The minimum atomic E-state index is -0.359. The molecule has 0 unspecified atom stereocenters. The first kappa shape index (κ1) is 28.5. The molecule has 3 aromatic rings. The fourth-order valence-electron chi connectivity index (χ4n) is 4.52. The Kier molecular flexibility index (Phi) is 8.86. The molecule has 0 saturated heterocycles. The van der Waals surface area contributed by atoms with E-state index in [1.54, 1.807) is 12.1 Å². The first-order valence-corrected chi connectivity index (χ1v) is 13.1. The van der Waals surface area contributed by atoms with Gasteiger partial charge in [0.1, 0.15) is 12.4 Å². The van der Waals surface area contributed by atoms with Crippen LogP contribution in [-0.4, -0.2) is 29.1 Å². The van der Waals surface area contributed by atoms with E-state index in [0.717, 1.165) is 24.2 Å². The highest BCUT2D eigenvalue weighted by Crippen LogP contribution is 2.39. The molecule has 198 valence electrons. The summed E-state index contributed by atoms with van der Waals surface area (Å²) in [6, 6.07) is 20.4. The highest BCUT2D eigenvalue weighted by atomic mass is 16.5. The van der Waals surface area contributed by atoms with Gasteiger partial charge in [-0.25, -0.2) is 4.79 Å². The van der Waals surface area contributed by atoms with Crippen molar-refractivity contribution in [3.05, 3.63) is 99.6 Å². The van der Waals surface area contributed by atoms with E-state index in [9.17, 15) is 9.90 Å². The summed E-state index contributed by atoms with van der Waals surface area (Å²) in [5.74, 6) is -0.0954. The lowest BCUT2D eigenvalue weighted by atomic mass is 9.78. The van der Waals surface area contributed by atoms with Crippen molar-refractivity contribution < 1.29 is 14.6 Å². The number of nitrogens with zero attached hydrogens (tertiary/aromatic N) is 1. The van der Waals surface area contributed by atoms with E-state index in [-0.39, 0.29) is 29.2 Å². The first-order valence-electron chi connectivity index (χ1n) is 13.1. The highest BCUT2D eigenvalue weighted by Gasteiger charge is 2.28. The van der Waals surface area contributed by atoms with Crippen LogP contribution in [0.3, 0.4) is 0 Å². The molecule has 0 heterocycles. The summed E-state index contributed by atoms with van der Waals surface area (Å²) in [6.07, 6.45) is 0. The zero-order valence-electron chi connectivity index (χ0n) is 23.8. The van der Waals surface area contributed by atoms with Crippen LogP contribution in [0.1, 0.15) is 85.3 Å². The fourth-order valence-corrected chi connectivity index (χ4v) is 4.52. The van der Waals surface area contributed by atoms with Crippen LogP contribution in [0.15, 0.2) is 60.7 Å². The number of carbonyl (C=O) groups excluding carboxylic acids is 1. The average molecular weight is 502 g/mol. The molecule has 0 spiro atoms. The minimum Gasteiger partial charge on any atom is -0.507 e. The van der Waals surface area contributed by atoms with Gasteiger partial charge in [0.15, 0.2) is 0 Å². The summed E-state index contributed by atoms with van der Waals surface area (Å²) < 4.78 is 5.81. The number of carbonyl (C=O) groups is 1. The summed E-state index contributed by atoms with van der Waals surface area (Å²) in [6.45, 7) is 19.0. The molecule has 0 aromatic heterocycles. The summed E-state index contributed by atoms with van der Waals surface area (Å²) >= 11 is 0. The number of ether oxygens (including phenoxy) is 1. The van der Waals surface area contributed by atoms with E-state index in [1.807, 2.05) is 41.5 Å². The average Bonchev–Trinajstić information content (AvgIpc) is 2.80. The molecular weight excluding hydrogens is 458 g/mol. The number of hydrogen-bond donors (Lipinski definition) is 1. The van der Waals surface area contributed by atoms with Crippen LogP contribution in [0.25, 0.3) is 0 Å². The Labute approximate surface area is 223 Å². The van der Waals surface area contributed by atoms with Gasteiger partial charge in [-0.3, -0.25) is 4.90 Å². The third kappa shape index (κ3) is 7.45. The molecule has 0 fully saturated rings. The SMILES string of the molecule is Cc1ccccc1CN(CCOC(=O)c1cc(C(C)(C)C)c(O)c(C(C)(C)C)c1)Cc1ccccc1C. The van der Waals surface area contributed by atoms with Crippen molar-refractivity contribution in [2.45, 2.75) is 79.3 Å². The molecular formula is C33H43NO3.